The fraction of sp³-hybridized carbons (Fsp3) is 0.0702. The molecule has 2 aliphatic heterocycles. The summed E-state index contributed by atoms with van der Waals surface area (Å²) in [5.74, 6) is 1.47. The first-order chi connectivity index (χ1) is 35.0. The molecule has 0 saturated carbocycles. The number of fused-ring (bicyclic) bond motifs is 6. The van der Waals surface area contributed by atoms with Gasteiger partial charge in [0.2, 0.25) is 0 Å². The fourth-order valence-electron chi connectivity index (χ4n) is 8.24. The molecule has 0 fully saturated rings. The van der Waals surface area contributed by atoms with E-state index in [-0.39, 0.29) is 53.8 Å². The minimum atomic E-state index is -0.569. The number of hydrogen-bond acceptors (Lipinski definition) is 6. The van der Waals surface area contributed by atoms with Gasteiger partial charge < -0.3 is 19.4 Å². The van der Waals surface area contributed by atoms with E-state index in [1.165, 1.54) is 0 Å². The third kappa shape index (κ3) is 7.33. The first-order valence-electron chi connectivity index (χ1n) is 25.4. The molecule has 314 valence electrons. The molecular formula is C57H42N5OPd-3. The zero-order chi connectivity index (χ0) is 51.2. The predicted molar refractivity (Wildman–Crippen MR) is 256 cm³/mol. The Morgan fingerprint density at radius 3 is 1.94 bits per heavy atom. The molecule has 9 aromatic rings. The molecule has 0 unspecified atom stereocenters. The van der Waals surface area contributed by atoms with Crippen LogP contribution in [-0.2, 0) is 25.8 Å². The van der Waals surface area contributed by atoms with Gasteiger partial charge in [-0.3, -0.25) is 4.98 Å². The van der Waals surface area contributed by atoms with Crippen molar-refractivity contribution in [3.05, 3.63) is 219 Å². The number of pyridine rings is 2. The zero-order valence-electron chi connectivity index (χ0n) is 44.7. The molecule has 7 aromatic carbocycles. The monoisotopic (exact) mass is 928 g/mol. The molecule has 4 heterocycles. The number of hydrogen-bond donors (Lipinski definition) is 0. The van der Waals surface area contributed by atoms with Crippen molar-refractivity contribution in [2.24, 2.45) is 0 Å². The van der Waals surface area contributed by atoms with Crippen molar-refractivity contribution in [3.8, 4) is 56.0 Å². The van der Waals surface area contributed by atoms with Crippen LogP contribution in [0.15, 0.2) is 194 Å². The van der Waals surface area contributed by atoms with Crippen LogP contribution >= 0.6 is 0 Å². The Hall–Kier alpha value is -7.30. The summed E-state index contributed by atoms with van der Waals surface area (Å²) < 4.78 is 93.9. The number of para-hydroxylation sites is 4. The average molecular weight is 929 g/mol. The summed E-state index contributed by atoms with van der Waals surface area (Å²) in [6.07, 6.45) is 5.49. The predicted octanol–water partition coefficient (Wildman–Crippen LogP) is 15.0. The Morgan fingerprint density at radius 2 is 1.22 bits per heavy atom. The molecule has 2 aromatic heterocycles. The van der Waals surface area contributed by atoms with Gasteiger partial charge in [-0.25, -0.2) is 4.98 Å². The van der Waals surface area contributed by atoms with E-state index in [9.17, 15) is 0 Å². The fourth-order valence-corrected chi connectivity index (χ4v) is 8.24. The summed E-state index contributed by atoms with van der Waals surface area (Å²) in [7, 11) is 0. The van der Waals surface area contributed by atoms with Crippen molar-refractivity contribution in [2.45, 2.75) is 26.2 Å². The Labute approximate surface area is 402 Å². The maximum atomic E-state index is 9.04. The number of benzene rings is 7. The van der Waals surface area contributed by atoms with Crippen molar-refractivity contribution in [1.29, 1.82) is 0 Å². The van der Waals surface area contributed by atoms with Crippen LogP contribution in [0.3, 0.4) is 0 Å². The maximum absolute atomic E-state index is 9.04. The van der Waals surface area contributed by atoms with Crippen LogP contribution in [0.1, 0.15) is 40.0 Å². The first kappa shape index (κ1) is 30.7. The summed E-state index contributed by atoms with van der Waals surface area (Å²) in [6, 6.07) is 37.7. The van der Waals surface area contributed by atoms with E-state index in [4.69, 9.17) is 23.4 Å². The van der Waals surface area contributed by atoms with E-state index in [1.54, 1.807) is 42.0 Å². The third-order valence-corrected chi connectivity index (χ3v) is 11.2. The second kappa shape index (κ2) is 16.8. The standard InChI is InChI=1S/C57H42N5O.Pd/c1-57(2,3)41-30-33-59-55(34-41)62-51-25-11-10-22-48(51)50-37-58-32-31-47(50)49-29-28-44(36-54(49)62)63-43-21-14-20-42(35-43)60-38-61(53-27-13-12-26-52(53)60)56-45(39-16-6-4-7-17-39)23-15-24-46(56)40-18-8-5-9-19-40;/h4-34,37-38H,1-3H3;/q-3;/i4D,5D,6D,7D,8D,9D,16D,17D,18D,19D;. The summed E-state index contributed by atoms with van der Waals surface area (Å²) >= 11 is 0. The zero-order valence-corrected chi connectivity index (χ0v) is 36.3. The van der Waals surface area contributed by atoms with Crippen molar-refractivity contribution in [3.63, 3.8) is 0 Å². The van der Waals surface area contributed by atoms with Crippen LogP contribution in [-0.4, -0.2) is 9.97 Å². The van der Waals surface area contributed by atoms with Gasteiger partial charge in [0.05, 0.1) is 19.4 Å². The molecule has 2 aliphatic rings. The van der Waals surface area contributed by atoms with E-state index < -0.39 is 60.4 Å². The van der Waals surface area contributed by atoms with E-state index in [0.29, 0.717) is 34.4 Å². The number of nitrogens with zero attached hydrogens (tertiary/aromatic N) is 5. The van der Waals surface area contributed by atoms with Crippen LogP contribution in [0.5, 0.6) is 11.5 Å². The summed E-state index contributed by atoms with van der Waals surface area (Å²) in [4.78, 5) is 15.1. The molecule has 0 saturated heterocycles. The second-order valence-electron chi connectivity index (χ2n) is 16.1. The van der Waals surface area contributed by atoms with Crippen LogP contribution in [0.4, 0.5) is 39.9 Å². The smallest absolute Gasteiger partial charge is 0.135 e. The number of rotatable bonds is 7. The van der Waals surface area contributed by atoms with Crippen LogP contribution in [0, 0.1) is 18.8 Å². The Kier molecular flexibility index (Phi) is 8.04. The average Bonchev–Trinajstić information content (AvgIpc) is 3.73. The topological polar surface area (TPSA) is 44.7 Å². The maximum Gasteiger partial charge on any atom is 0.135 e. The van der Waals surface area contributed by atoms with Crippen molar-refractivity contribution in [1.82, 2.24) is 9.97 Å². The van der Waals surface area contributed by atoms with Gasteiger partial charge in [0.1, 0.15) is 5.82 Å². The first-order valence-corrected chi connectivity index (χ1v) is 20.4. The van der Waals surface area contributed by atoms with Crippen molar-refractivity contribution in [2.75, 3.05) is 14.7 Å². The van der Waals surface area contributed by atoms with Crippen LogP contribution in [0.2, 0.25) is 0 Å². The summed E-state index contributed by atoms with van der Waals surface area (Å²) in [5, 5.41) is 0. The van der Waals surface area contributed by atoms with Gasteiger partial charge in [-0.05, 0) is 64.1 Å². The molecular weight excluding hydrogens is 877 g/mol. The quantitative estimate of drug-likeness (QED) is 0.117. The van der Waals surface area contributed by atoms with Gasteiger partial charge in [-0.1, -0.05) is 141 Å². The SMILES string of the molecule is [2H]c1c([2H])c([2H])c(-c2cccc(-c3c([2H])c([2H])c([2H])c([2H])c3[2H])c2N2[CH-]N(c3[c-]c(Oc4[c-]c5c(cc4)-c4ccncc4-c4ccccc4N5c4cc(C(C)(C)C)ccn4)ccc3)c3ccccc32)c([2H])c1[2H].[Pd]. The van der Waals surface area contributed by atoms with Gasteiger partial charge in [0.15, 0.2) is 0 Å². The molecule has 64 heavy (non-hydrogen) atoms. The van der Waals surface area contributed by atoms with E-state index >= 15 is 0 Å². The van der Waals surface area contributed by atoms with E-state index in [1.807, 2.05) is 90.1 Å². The van der Waals surface area contributed by atoms with Gasteiger partial charge >= 0.3 is 0 Å². The third-order valence-electron chi connectivity index (χ3n) is 11.2. The van der Waals surface area contributed by atoms with E-state index in [0.717, 1.165) is 39.2 Å². The van der Waals surface area contributed by atoms with Crippen LogP contribution < -0.4 is 19.4 Å². The van der Waals surface area contributed by atoms with Crippen molar-refractivity contribution < 1.29 is 38.9 Å². The van der Waals surface area contributed by atoms with Crippen molar-refractivity contribution >= 4 is 39.9 Å². The van der Waals surface area contributed by atoms with Gasteiger partial charge in [0.25, 0.3) is 0 Å². The number of aromatic nitrogens is 2. The van der Waals surface area contributed by atoms with E-state index in [2.05, 4.69) is 61.0 Å². The Morgan fingerprint density at radius 1 is 0.578 bits per heavy atom. The molecule has 0 bridgehead atoms. The number of anilines is 7. The minimum absolute atomic E-state index is 0. The molecule has 6 nitrogen and oxygen atoms in total. The molecule has 0 N–H and O–H groups in total. The molecule has 0 radical (unpaired) electrons. The molecule has 7 heteroatoms. The number of ether oxygens (including phenoxy) is 1. The largest absolute Gasteiger partial charge is 0.509 e. The van der Waals surface area contributed by atoms with Gasteiger partial charge in [-0.2, -0.15) is 12.1 Å². The molecule has 11 rings (SSSR count). The van der Waals surface area contributed by atoms with Gasteiger partial charge in [-0.15, -0.1) is 48.3 Å². The molecule has 0 atom stereocenters. The minimum Gasteiger partial charge on any atom is -0.509 e. The molecule has 0 aliphatic carbocycles. The normalized spacial score (nSPS) is 14.8. The second-order valence-corrected chi connectivity index (χ2v) is 16.1. The van der Waals surface area contributed by atoms with Crippen LogP contribution in [0.25, 0.3) is 44.5 Å². The summed E-state index contributed by atoms with van der Waals surface area (Å²) in [6.45, 7) is 8.24. The molecule has 0 amide bonds. The Bertz CT molecular complexity index is 3610. The summed E-state index contributed by atoms with van der Waals surface area (Å²) in [5.41, 5.74) is 8.46. The van der Waals surface area contributed by atoms with Gasteiger partial charge in [0, 0.05) is 84.3 Å². The Balaban J connectivity index is 0.00000626. The molecule has 0 spiro atoms.